The Morgan fingerprint density at radius 3 is 2.26 bits per heavy atom. The van der Waals surface area contributed by atoms with E-state index in [2.05, 4.69) is 4.90 Å². The SMILES string of the molecule is CN1CCC(O)(C(C(=O)O)c2ccccc2)CC1.Cl. The van der Waals surface area contributed by atoms with Gasteiger partial charge in [0.1, 0.15) is 5.92 Å². The summed E-state index contributed by atoms with van der Waals surface area (Å²) in [6.07, 6.45) is 0.991. The third kappa shape index (κ3) is 3.47. The van der Waals surface area contributed by atoms with Crippen LogP contribution in [0.1, 0.15) is 24.3 Å². The van der Waals surface area contributed by atoms with Crippen LogP contribution in [-0.4, -0.2) is 46.8 Å². The predicted octanol–water partition coefficient (Wildman–Crippen LogP) is 1.73. The number of piperidine rings is 1. The first-order chi connectivity index (χ1) is 8.53. The zero-order valence-electron chi connectivity index (χ0n) is 11.0. The van der Waals surface area contributed by atoms with Crippen LogP contribution in [0.3, 0.4) is 0 Å². The molecule has 1 heterocycles. The molecular weight excluding hydrogens is 266 g/mol. The number of aliphatic carboxylic acids is 1. The number of rotatable bonds is 3. The molecule has 1 atom stereocenters. The minimum Gasteiger partial charge on any atom is -0.481 e. The van der Waals surface area contributed by atoms with Gasteiger partial charge in [0.15, 0.2) is 0 Å². The van der Waals surface area contributed by atoms with Crippen molar-refractivity contribution in [3.8, 4) is 0 Å². The average Bonchev–Trinajstić information content (AvgIpc) is 2.34. The molecule has 1 aromatic rings. The summed E-state index contributed by atoms with van der Waals surface area (Å²) >= 11 is 0. The van der Waals surface area contributed by atoms with Gasteiger partial charge in [0.2, 0.25) is 0 Å². The quantitative estimate of drug-likeness (QED) is 0.888. The zero-order valence-corrected chi connectivity index (χ0v) is 11.8. The Balaban J connectivity index is 0.00000180. The number of halogens is 1. The maximum atomic E-state index is 11.5. The molecule has 1 saturated heterocycles. The van der Waals surface area contributed by atoms with Gasteiger partial charge in [-0.1, -0.05) is 30.3 Å². The second kappa shape index (κ2) is 6.37. The second-order valence-electron chi connectivity index (χ2n) is 5.09. The minimum absolute atomic E-state index is 0. The Labute approximate surface area is 119 Å². The fraction of sp³-hybridized carbons (Fsp3) is 0.500. The largest absolute Gasteiger partial charge is 0.481 e. The van der Waals surface area contributed by atoms with Crippen LogP contribution in [0.5, 0.6) is 0 Å². The van der Waals surface area contributed by atoms with Crippen LogP contribution in [0.25, 0.3) is 0 Å². The molecule has 1 fully saturated rings. The van der Waals surface area contributed by atoms with Crippen molar-refractivity contribution in [1.82, 2.24) is 4.90 Å². The number of benzene rings is 1. The van der Waals surface area contributed by atoms with Crippen molar-refractivity contribution in [2.45, 2.75) is 24.4 Å². The molecule has 1 aliphatic heterocycles. The lowest BCUT2D eigenvalue weighted by molar-refractivity contribution is -0.148. The van der Waals surface area contributed by atoms with E-state index >= 15 is 0 Å². The van der Waals surface area contributed by atoms with Crippen molar-refractivity contribution < 1.29 is 15.0 Å². The highest BCUT2D eigenvalue weighted by molar-refractivity contribution is 5.85. The topological polar surface area (TPSA) is 60.8 Å². The van der Waals surface area contributed by atoms with Gasteiger partial charge in [0.05, 0.1) is 5.60 Å². The Morgan fingerprint density at radius 2 is 1.79 bits per heavy atom. The van der Waals surface area contributed by atoms with Gasteiger partial charge in [-0.2, -0.15) is 0 Å². The van der Waals surface area contributed by atoms with Crippen LogP contribution in [-0.2, 0) is 4.79 Å². The highest BCUT2D eigenvalue weighted by Crippen LogP contribution is 2.36. The van der Waals surface area contributed by atoms with E-state index in [1.165, 1.54) is 0 Å². The number of carboxylic acids is 1. The first kappa shape index (κ1) is 16.0. The van der Waals surface area contributed by atoms with Crippen LogP contribution in [0.4, 0.5) is 0 Å². The average molecular weight is 286 g/mol. The summed E-state index contributed by atoms with van der Waals surface area (Å²) < 4.78 is 0. The van der Waals surface area contributed by atoms with Gasteiger partial charge in [-0.05, 0) is 25.5 Å². The standard InChI is InChI=1S/C14H19NO3.ClH/c1-15-9-7-14(18,8-10-15)12(13(16)17)11-5-3-2-4-6-11;/h2-6,12,18H,7-10H2,1H3,(H,16,17);1H. The van der Waals surface area contributed by atoms with Gasteiger partial charge in [0.25, 0.3) is 0 Å². The van der Waals surface area contributed by atoms with Gasteiger partial charge < -0.3 is 15.1 Å². The first-order valence-electron chi connectivity index (χ1n) is 6.21. The molecule has 0 saturated carbocycles. The molecule has 0 amide bonds. The number of likely N-dealkylation sites (tertiary alicyclic amines) is 1. The van der Waals surface area contributed by atoms with Crippen LogP contribution < -0.4 is 0 Å². The van der Waals surface area contributed by atoms with E-state index in [1.54, 1.807) is 12.1 Å². The van der Waals surface area contributed by atoms with Crippen LogP contribution in [0, 0.1) is 0 Å². The molecule has 106 valence electrons. The number of nitrogens with zero attached hydrogens (tertiary/aromatic N) is 1. The van der Waals surface area contributed by atoms with Crippen molar-refractivity contribution in [2.75, 3.05) is 20.1 Å². The van der Waals surface area contributed by atoms with E-state index in [9.17, 15) is 15.0 Å². The van der Waals surface area contributed by atoms with E-state index in [0.717, 1.165) is 13.1 Å². The molecular formula is C14H20ClNO3. The maximum Gasteiger partial charge on any atom is 0.313 e. The molecule has 0 bridgehead atoms. The first-order valence-corrected chi connectivity index (χ1v) is 6.21. The Morgan fingerprint density at radius 1 is 1.26 bits per heavy atom. The van der Waals surface area contributed by atoms with Gasteiger partial charge >= 0.3 is 5.97 Å². The number of carbonyl (C=O) groups is 1. The molecule has 19 heavy (non-hydrogen) atoms. The fourth-order valence-electron chi connectivity index (χ4n) is 2.62. The maximum absolute atomic E-state index is 11.5. The van der Waals surface area contributed by atoms with Gasteiger partial charge in [-0.15, -0.1) is 12.4 Å². The second-order valence-corrected chi connectivity index (χ2v) is 5.09. The lowest BCUT2D eigenvalue weighted by Gasteiger charge is -2.40. The third-order valence-corrected chi connectivity index (χ3v) is 3.77. The molecule has 1 unspecified atom stereocenters. The summed E-state index contributed by atoms with van der Waals surface area (Å²) in [5.41, 5.74) is -0.461. The van der Waals surface area contributed by atoms with E-state index in [-0.39, 0.29) is 12.4 Å². The van der Waals surface area contributed by atoms with E-state index in [1.807, 2.05) is 25.2 Å². The third-order valence-electron chi connectivity index (χ3n) is 3.77. The molecule has 0 aromatic heterocycles. The summed E-state index contributed by atoms with van der Waals surface area (Å²) in [5, 5.41) is 20.1. The van der Waals surface area contributed by atoms with E-state index in [0.29, 0.717) is 18.4 Å². The highest BCUT2D eigenvalue weighted by atomic mass is 35.5. The number of aliphatic hydroxyl groups is 1. The van der Waals surface area contributed by atoms with Crippen molar-refractivity contribution in [2.24, 2.45) is 0 Å². The van der Waals surface area contributed by atoms with E-state index < -0.39 is 17.5 Å². The van der Waals surface area contributed by atoms with Crippen LogP contribution in [0.15, 0.2) is 30.3 Å². The molecule has 1 aromatic carbocycles. The van der Waals surface area contributed by atoms with Crippen LogP contribution in [0.2, 0.25) is 0 Å². The molecule has 0 radical (unpaired) electrons. The summed E-state index contributed by atoms with van der Waals surface area (Å²) in [5.74, 6) is -1.79. The molecule has 5 heteroatoms. The van der Waals surface area contributed by atoms with E-state index in [4.69, 9.17) is 0 Å². The Bertz CT molecular complexity index is 416. The monoisotopic (exact) mass is 285 g/mol. The smallest absolute Gasteiger partial charge is 0.313 e. The van der Waals surface area contributed by atoms with Gasteiger partial charge in [0, 0.05) is 13.1 Å². The number of hydrogen-bond donors (Lipinski definition) is 2. The molecule has 2 N–H and O–H groups in total. The lowest BCUT2D eigenvalue weighted by atomic mass is 9.76. The normalized spacial score (nSPS) is 20.3. The zero-order chi connectivity index (χ0) is 13.2. The van der Waals surface area contributed by atoms with Crippen molar-refractivity contribution in [3.05, 3.63) is 35.9 Å². The minimum atomic E-state index is -1.14. The summed E-state index contributed by atoms with van der Waals surface area (Å²) in [4.78, 5) is 13.6. The summed E-state index contributed by atoms with van der Waals surface area (Å²) in [7, 11) is 1.98. The number of carboxylic acid groups (broad SMARTS) is 1. The summed E-state index contributed by atoms with van der Waals surface area (Å²) in [6, 6.07) is 9.01. The van der Waals surface area contributed by atoms with Crippen molar-refractivity contribution in [3.63, 3.8) is 0 Å². The molecule has 0 aliphatic carbocycles. The Hall–Kier alpha value is -1.10. The molecule has 0 spiro atoms. The number of hydrogen-bond acceptors (Lipinski definition) is 3. The van der Waals surface area contributed by atoms with Gasteiger partial charge in [-0.3, -0.25) is 4.79 Å². The lowest BCUT2D eigenvalue weighted by Crippen LogP contribution is -2.49. The van der Waals surface area contributed by atoms with Gasteiger partial charge in [-0.25, -0.2) is 0 Å². The summed E-state index contributed by atoms with van der Waals surface area (Å²) in [6.45, 7) is 1.46. The Kier molecular flexibility index (Phi) is 5.35. The molecule has 1 aliphatic rings. The molecule has 4 nitrogen and oxygen atoms in total. The van der Waals surface area contributed by atoms with Crippen molar-refractivity contribution >= 4 is 18.4 Å². The predicted molar refractivity (Wildman–Crippen MR) is 75.7 cm³/mol. The van der Waals surface area contributed by atoms with Crippen molar-refractivity contribution in [1.29, 1.82) is 0 Å². The fourth-order valence-corrected chi connectivity index (χ4v) is 2.62. The molecule has 2 rings (SSSR count). The highest BCUT2D eigenvalue weighted by Gasteiger charge is 2.44. The van der Waals surface area contributed by atoms with Crippen LogP contribution >= 0.6 is 12.4 Å².